The number of fused-ring (bicyclic) bond motifs is 1. The van der Waals surface area contributed by atoms with E-state index >= 15 is 0 Å². The van der Waals surface area contributed by atoms with E-state index in [0.29, 0.717) is 30.0 Å². The van der Waals surface area contributed by atoms with Crippen molar-refractivity contribution in [1.82, 2.24) is 24.4 Å². The van der Waals surface area contributed by atoms with Gasteiger partial charge in [0.15, 0.2) is 0 Å². The number of hydrogen-bond donors (Lipinski definition) is 0. The Morgan fingerprint density at radius 2 is 2.06 bits per heavy atom. The lowest BCUT2D eigenvalue weighted by molar-refractivity contribution is 0.278. The summed E-state index contributed by atoms with van der Waals surface area (Å²) in [5.41, 5.74) is 4.31. The van der Waals surface area contributed by atoms with Crippen LogP contribution in [-0.2, 0) is 7.05 Å². The fourth-order valence-electron chi connectivity index (χ4n) is 3.87. The lowest BCUT2D eigenvalue weighted by Gasteiger charge is -2.18. The molecule has 5 rings (SSSR count). The molecule has 1 saturated carbocycles. The molecule has 0 saturated heterocycles. The number of aryl methyl sites for hydroxylation is 2. The summed E-state index contributed by atoms with van der Waals surface area (Å²) in [6.45, 7) is 2.59. The Balaban J connectivity index is 1.34. The highest BCUT2D eigenvalue weighted by Gasteiger charge is 2.40. The van der Waals surface area contributed by atoms with E-state index in [-0.39, 0.29) is 5.56 Å². The Hall–Kier alpha value is -3.68. The van der Waals surface area contributed by atoms with Crippen molar-refractivity contribution in [2.45, 2.75) is 19.3 Å². The van der Waals surface area contributed by atoms with Gasteiger partial charge in [0.05, 0.1) is 24.0 Å². The van der Waals surface area contributed by atoms with Gasteiger partial charge in [-0.3, -0.25) is 9.78 Å². The summed E-state index contributed by atoms with van der Waals surface area (Å²) in [7, 11) is 3.49. The number of ether oxygens (including phenoxy) is 1. The first kappa shape index (κ1) is 19.3. The second-order valence-electron chi connectivity index (χ2n) is 8.09. The molecule has 0 aliphatic heterocycles. The molecule has 4 aromatic rings. The monoisotopic (exact) mass is 416 g/mol. The van der Waals surface area contributed by atoms with Crippen molar-refractivity contribution >= 4 is 16.9 Å². The van der Waals surface area contributed by atoms with Gasteiger partial charge in [-0.15, -0.1) is 5.10 Å². The van der Waals surface area contributed by atoms with Crippen molar-refractivity contribution in [1.29, 1.82) is 0 Å². The topological polar surface area (TPSA) is 77.5 Å². The molecule has 0 bridgehead atoms. The van der Waals surface area contributed by atoms with Gasteiger partial charge in [0.1, 0.15) is 5.69 Å². The molecule has 8 heteroatoms. The maximum atomic E-state index is 12.8. The Bertz CT molecular complexity index is 1290. The van der Waals surface area contributed by atoms with E-state index in [1.54, 1.807) is 23.8 Å². The molecular weight excluding hydrogens is 392 g/mol. The van der Waals surface area contributed by atoms with Crippen LogP contribution in [-0.4, -0.2) is 38.0 Å². The van der Waals surface area contributed by atoms with E-state index in [1.165, 1.54) is 4.68 Å². The molecule has 4 aromatic heterocycles. The smallest absolute Gasteiger partial charge is 0.290 e. The van der Waals surface area contributed by atoms with Gasteiger partial charge in [0.2, 0.25) is 5.88 Å². The van der Waals surface area contributed by atoms with Crippen molar-refractivity contribution in [3.8, 4) is 5.88 Å². The zero-order valence-corrected chi connectivity index (χ0v) is 17.8. The molecule has 158 valence electrons. The molecule has 8 nitrogen and oxygen atoms in total. The molecule has 31 heavy (non-hydrogen) atoms. The third kappa shape index (κ3) is 3.65. The first-order chi connectivity index (χ1) is 15.0. The quantitative estimate of drug-likeness (QED) is 0.481. The summed E-state index contributed by atoms with van der Waals surface area (Å²) in [6.07, 6.45) is 6.58. The molecular formula is C23H24N6O2. The molecule has 0 N–H and O–H groups in total. The molecule has 0 amide bonds. The normalized spacial score (nSPS) is 17.6. The standard InChI is InChI=1S/C23H24N6O2/c1-15-7-8-18(24-12-15)17-10-16(17)14-31-22-11-20(23(30)28(3)26-22)27(2)21-13-25-29-9-5-4-6-19(21)29/h4-9,11-13,16-17H,10,14H2,1-3H3/t16-,17+/m1/s1. The number of aromatic nitrogens is 5. The van der Waals surface area contributed by atoms with Gasteiger partial charge in [-0.2, -0.15) is 5.10 Å². The van der Waals surface area contributed by atoms with E-state index in [0.717, 1.165) is 28.9 Å². The second kappa shape index (κ2) is 7.54. The van der Waals surface area contributed by atoms with Crippen LogP contribution in [0, 0.1) is 12.8 Å². The maximum absolute atomic E-state index is 12.8. The summed E-state index contributed by atoms with van der Waals surface area (Å²) in [5.74, 6) is 1.27. The number of hydrogen-bond acceptors (Lipinski definition) is 6. The fourth-order valence-corrected chi connectivity index (χ4v) is 3.87. The van der Waals surface area contributed by atoms with Crippen molar-refractivity contribution < 1.29 is 4.74 Å². The van der Waals surface area contributed by atoms with Crippen LogP contribution in [0.15, 0.2) is 59.8 Å². The van der Waals surface area contributed by atoms with Crippen molar-refractivity contribution in [3.63, 3.8) is 0 Å². The third-order valence-corrected chi connectivity index (χ3v) is 5.83. The van der Waals surface area contributed by atoms with Gasteiger partial charge < -0.3 is 9.64 Å². The SMILES string of the molecule is Cc1ccc([C@H]2C[C@@H]2COc2cc(N(C)c3cnn4ccccc34)c(=O)n(C)n2)nc1. The number of rotatable bonds is 6. The largest absolute Gasteiger partial charge is 0.476 e. The molecule has 2 atom stereocenters. The van der Waals surface area contributed by atoms with Gasteiger partial charge in [0.25, 0.3) is 5.56 Å². The summed E-state index contributed by atoms with van der Waals surface area (Å²) < 4.78 is 9.09. The third-order valence-electron chi connectivity index (χ3n) is 5.83. The highest BCUT2D eigenvalue weighted by Crippen LogP contribution is 2.46. The minimum Gasteiger partial charge on any atom is -0.476 e. The van der Waals surface area contributed by atoms with E-state index in [4.69, 9.17) is 4.74 Å². The first-order valence-corrected chi connectivity index (χ1v) is 10.3. The predicted molar refractivity (Wildman–Crippen MR) is 118 cm³/mol. The zero-order chi connectivity index (χ0) is 21.5. The molecule has 0 unspecified atom stereocenters. The Labute approximate surface area is 179 Å². The lowest BCUT2D eigenvalue weighted by Crippen LogP contribution is -2.27. The summed E-state index contributed by atoms with van der Waals surface area (Å²) in [5, 5.41) is 8.65. The Morgan fingerprint density at radius 1 is 1.19 bits per heavy atom. The van der Waals surface area contributed by atoms with Crippen LogP contribution in [0.5, 0.6) is 5.88 Å². The number of anilines is 2. The highest BCUT2D eigenvalue weighted by atomic mass is 16.5. The average molecular weight is 416 g/mol. The molecule has 0 aromatic carbocycles. The van der Waals surface area contributed by atoms with Crippen LogP contribution < -0.4 is 15.2 Å². The summed E-state index contributed by atoms with van der Waals surface area (Å²) >= 11 is 0. The molecule has 1 fully saturated rings. The number of pyridine rings is 2. The summed E-state index contributed by atoms with van der Waals surface area (Å²) in [4.78, 5) is 19.1. The predicted octanol–water partition coefficient (Wildman–Crippen LogP) is 3.08. The zero-order valence-electron chi connectivity index (χ0n) is 17.8. The van der Waals surface area contributed by atoms with Gasteiger partial charge in [-0.25, -0.2) is 9.20 Å². The Morgan fingerprint density at radius 3 is 2.87 bits per heavy atom. The maximum Gasteiger partial charge on any atom is 0.290 e. The van der Waals surface area contributed by atoms with Crippen LogP contribution in [0.1, 0.15) is 23.6 Å². The molecule has 0 spiro atoms. The van der Waals surface area contributed by atoms with E-state index in [9.17, 15) is 4.79 Å². The van der Waals surface area contributed by atoms with Gasteiger partial charge in [0, 0.05) is 50.1 Å². The van der Waals surface area contributed by atoms with Crippen LogP contribution in [0.25, 0.3) is 5.52 Å². The molecule has 4 heterocycles. The van der Waals surface area contributed by atoms with Crippen LogP contribution in [0.3, 0.4) is 0 Å². The molecule has 1 aliphatic rings. The van der Waals surface area contributed by atoms with E-state index in [2.05, 4.69) is 27.3 Å². The van der Waals surface area contributed by atoms with E-state index in [1.807, 2.05) is 49.5 Å². The minimum absolute atomic E-state index is 0.196. The fraction of sp³-hybridized carbons (Fsp3) is 0.304. The molecule has 0 radical (unpaired) electrons. The van der Waals surface area contributed by atoms with Gasteiger partial charge >= 0.3 is 0 Å². The lowest BCUT2D eigenvalue weighted by atomic mass is 10.2. The van der Waals surface area contributed by atoms with Crippen LogP contribution in [0.2, 0.25) is 0 Å². The van der Waals surface area contributed by atoms with Crippen molar-refractivity contribution in [2.75, 3.05) is 18.6 Å². The second-order valence-corrected chi connectivity index (χ2v) is 8.09. The van der Waals surface area contributed by atoms with Crippen LogP contribution in [0.4, 0.5) is 11.4 Å². The number of nitrogens with zero attached hydrogens (tertiary/aromatic N) is 6. The van der Waals surface area contributed by atoms with Crippen molar-refractivity contribution in [2.24, 2.45) is 13.0 Å². The first-order valence-electron chi connectivity index (χ1n) is 10.3. The molecule has 1 aliphatic carbocycles. The summed E-state index contributed by atoms with van der Waals surface area (Å²) in [6, 6.07) is 11.7. The minimum atomic E-state index is -0.196. The van der Waals surface area contributed by atoms with Gasteiger partial charge in [-0.1, -0.05) is 12.1 Å². The van der Waals surface area contributed by atoms with Gasteiger partial charge in [-0.05, 0) is 37.1 Å². The van der Waals surface area contributed by atoms with Crippen LogP contribution >= 0.6 is 0 Å². The average Bonchev–Trinajstić information content (AvgIpc) is 3.43. The highest BCUT2D eigenvalue weighted by molar-refractivity contribution is 5.77. The Kier molecular flexibility index (Phi) is 4.69. The van der Waals surface area contributed by atoms with E-state index < -0.39 is 0 Å². The van der Waals surface area contributed by atoms with Crippen molar-refractivity contribution in [3.05, 3.63) is 76.6 Å².